The molecule has 0 saturated heterocycles. The lowest BCUT2D eigenvalue weighted by molar-refractivity contribution is -0.149. The molecule has 5 heteroatoms. The van der Waals surface area contributed by atoms with Gasteiger partial charge in [-0.25, -0.2) is 4.79 Å². The molecule has 3 aliphatic rings. The molecule has 27 heavy (non-hydrogen) atoms. The molecule has 0 spiro atoms. The van der Waals surface area contributed by atoms with Gasteiger partial charge in [0.2, 0.25) is 0 Å². The van der Waals surface area contributed by atoms with Crippen molar-refractivity contribution in [3.8, 4) is 0 Å². The van der Waals surface area contributed by atoms with Crippen molar-refractivity contribution in [3.63, 3.8) is 0 Å². The molecule has 3 rings (SSSR count). The van der Waals surface area contributed by atoms with E-state index in [1.54, 1.807) is 6.08 Å². The summed E-state index contributed by atoms with van der Waals surface area (Å²) in [6.07, 6.45) is 7.52. The summed E-state index contributed by atoms with van der Waals surface area (Å²) in [4.78, 5) is 35.7. The Hall–Kier alpha value is -1.91. The van der Waals surface area contributed by atoms with Gasteiger partial charge in [-0.05, 0) is 67.4 Å². The van der Waals surface area contributed by atoms with Crippen molar-refractivity contribution in [2.24, 2.45) is 22.7 Å². The van der Waals surface area contributed by atoms with Crippen LogP contribution in [0.4, 0.5) is 0 Å². The number of carbonyl (C=O) groups excluding carboxylic acids is 3. The molecule has 0 bridgehead atoms. The van der Waals surface area contributed by atoms with Crippen LogP contribution in [0.2, 0.25) is 0 Å². The topological polar surface area (TPSA) is 69.7 Å². The monoisotopic (exact) mass is 374 g/mol. The van der Waals surface area contributed by atoms with Gasteiger partial charge in [-0.3, -0.25) is 9.59 Å². The lowest BCUT2D eigenvalue weighted by atomic mass is 9.46. The van der Waals surface area contributed by atoms with Gasteiger partial charge < -0.3 is 9.47 Å². The molecule has 1 fully saturated rings. The number of esters is 2. The number of allylic oxidation sites excluding steroid dienone is 2. The number of carbonyl (C=O) groups is 3. The highest BCUT2D eigenvalue weighted by atomic mass is 16.5. The summed E-state index contributed by atoms with van der Waals surface area (Å²) in [6, 6.07) is 0. The smallest absolute Gasteiger partial charge is 0.334 e. The van der Waals surface area contributed by atoms with E-state index in [0.29, 0.717) is 26.1 Å². The Morgan fingerprint density at radius 3 is 2.70 bits per heavy atom. The molecule has 1 aliphatic heterocycles. The molecule has 148 valence electrons. The summed E-state index contributed by atoms with van der Waals surface area (Å²) in [5, 5.41) is 0. The molecule has 0 aromatic rings. The maximum absolute atomic E-state index is 12.4. The normalized spacial score (nSPS) is 35.9. The number of cyclic esters (lactones) is 1. The Labute approximate surface area is 161 Å². The maximum Gasteiger partial charge on any atom is 0.334 e. The third-order valence-electron chi connectivity index (χ3n) is 7.42. The Bertz CT molecular complexity index is 718. The summed E-state index contributed by atoms with van der Waals surface area (Å²) >= 11 is 0. The van der Waals surface area contributed by atoms with Crippen LogP contribution >= 0.6 is 0 Å². The molecule has 2 aliphatic carbocycles. The standard InChI is InChI=1S/C22H30O5/c1-14-11-18(24)12-19-21(14,3)9-6-17(13-27-15(2)23)22(19,4)8-5-16-7-10-26-20(16)25/h7,11,17,19H,5-6,8-10,12-13H2,1-4H3/t17-,19+,21+,22+/m0/s1. The Kier molecular flexibility index (Phi) is 5.33. The van der Waals surface area contributed by atoms with Gasteiger partial charge >= 0.3 is 11.9 Å². The molecule has 0 unspecified atom stereocenters. The highest BCUT2D eigenvalue weighted by Gasteiger charge is 2.55. The predicted octanol–water partition coefficient (Wildman–Crippen LogP) is 3.77. The van der Waals surface area contributed by atoms with Crippen LogP contribution in [0, 0.1) is 22.7 Å². The molecule has 4 atom stereocenters. The van der Waals surface area contributed by atoms with Crippen molar-refractivity contribution in [1.82, 2.24) is 0 Å². The van der Waals surface area contributed by atoms with Crippen molar-refractivity contribution < 1.29 is 23.9 Å². The molecule has 0 aromatic carbocycles. The quantitative estimate of drug-likeness (QED) is 0.685. The molecule has 1 saturated carbocycles. The van der Waals surface area contributed by atoms with Crippen molar-refractivity contribution >= 4 is 17.7 Å². The van der Waals surface area contributed by atoms with Crippen LogP contribution < -0.4 is 0 Å². The minimum Gasteiger partial charge on any atom is -0.466 e. The van der Waals surface area contributed by atoms with Gasteiger partial charge in [0.1, 0.15) is 6.61 Å². The molecule has 1 heterocycles. The molecule has 5 nitrogen and oxygen atoms in total. The summed E-state index contributed by atoms with van der Waals surface area (Å²) in [7, 11) is 0. The van der Waals surface area contributed by atoms with Crippen LogP contribution in [-0.2, 0) is 23.9 Å². The van der Waals surface area contributed by atoms with Crippen LogP contribution in [0.15, 0.2) is 23.3 Å². The fourth-order valence-corrected chi connectivity index (χ4v) is 5.46. The molecule has 0 radical (unpaired) electrons. The zero-order valence-electron chi connectivity index (χ0n) is 16.8. The summed E-state index contributed by atoms with van der Waals surface area (Å²) in [5.74, 6) is 0.0212. The predicted molar refractivity (Wildman–Crippen MR) is 101 cm³/mol. The van der Waals surface area contributed by atoms with Crippen LogP contribution in [0.25, 0.3) is 0 Å². The van der Waals surface area contributed by atoms with E-state index in [4.69, 9.17) is 9.47 Å². The van der Waals surface area contributed by atoms with Crippen molar-refractivity contribution in [3.05, 3.63) is 23.3 Å². The van der Waals surface area contributed by atoms with E-state index in [1.807, 2.05) is 6.08 Å². The second kappa shape index (κ2) is 7.25. The number of fused-ring (bicyclic) bond motifs is 1. The largest absolute Gasteiger partial charge is 0.466 e. The van der Waals surface area contributed by atoms with Gasteiger partial charge in [-0.2, -0.15) is 0 Å². The lowest BCUT2D eigenvalue weighted by Gasteiger charge is -2.58. The number of hydrogen-bond acceptors (Lipinski definition) is 5. The van der Waals surface area contributed by atoms with E-state index in [1.165, 1.54) is 6.92 Å². The van der Waals surface area contributed by atoms with E-state index < -0.39 is 0 Å². The number of rotatable bonds is 5. The second-order valence-corrected chi connectivity index (χ2v) is 8.84. The average molecular weight is 374 g/mol. The number of hydrogen-bond donors (Lipinski definition) is 0. The van der Waals surface area contributed by atoms with Gasteiger partial charge in [0.15, 0.2) is 5.78 Å². The second-order valence-electron chi connectivity index (χ2n) is 8.84. The van der Waals surface area contributed by atoms with E-state index in [0.717, 1.165) is 30.4 Å². The molecule has 0 aromatic heterocycles. The van der Waals surface area contributed by atoms with E-state index >= 15 is 0 Å². The van der Waals surface area contributed by atoms with Crippen molar-refractivity contribution in [2.75, 3.05) is 13.2 Å². The van der Waals surface area contributed by atoms with Crippen LogP contribution in [-0.4, -0.2) is 30.9 Å². The molecule has 0 amide bonds. The summed E-state index contributed by atoms with van der Waals surface area (Å²) in [5.41, 5.74) is 1.65. The third-order valence-corrected chi connectivity index (χ3v) is 7.42. The van der Waals surface area contributed by atoms with Gasteiger partial charge in [-0.1, -0.05) is 19.4 Å². The van der Waals surface area contributed by atoms with Crippen LogP contribution in [0.3, 0.4) is 0 Å². The SMILES string of the molecule is CC(=O)OC[C@@H]1CC[C@]2(C)C(C)=CC(=O)C[C@H]2[C@]1(C)CCC1=CCOC1=O. The first kappa shape index (κ1) is 19.8. The Balaban J connectivity index is 1.90. The summed E-state index contributed by atoms with van der Waals surface area (Å²) in [6.45, 7) is 8.70. The fraction of sp³-hybridized carbons (Fsp3) is 0.682. The van der Waals surface area contributed by atoms with Gasteiger partial charge in [0, 0.05) is 18.9 Å². The first-order valence-corrected chi connectivity index (χ1v) is 9.88. The minimum atomic E-state index is -0.274. The first-order valence-electron chi connectivity index (χ1n) is 9.88. The zero-order chi connectivity index (χ0) is 19.8. The average Bonchev–Trinajstić information content (AvgIpc) is 3.00. The third kappa shape index (κ3) is 3.61. The zero-order valence-corrected chi connectivity index (χ0v) is 16.8. The summed E-state index contributed by atoms with van der Waals surface area (Å²) < 4.78 is 10.4. The Morgan fingerprint density at radius 2 is 2.07 bits per heavy atom. The van der Waals surface area contributed by atoms with Gasteiger partial charge in [0.25, 0.3) is 0 Å². The maximum atomic E-state index is 12.4. The lowest BCUT2D eigenvalue weighted by Crippen LogP contribution is -2.52. The molecular weight excluding hydrogens is 344 g/mol. The van der Waals surface area contributed by atoms with E-state index in [-0.39, 0.29) is 40.4 Å². The van der Waals surface area contributed by atoms with Crippen molar-refractivity contribution in [1.29, 1.82) is 0 Å². The molecule has 0 N–H and O–H groups in total. The van der Waals surface area contributed by atoms with Crippen LogP contribution in [0.5, 0.6) is 0 Å². The van der Waals surface area contributed by atoms with E-state index in [2.05, 4.69) is 20.8 Å². The van der Waals surface area contributed by atoms with Gasteiger partial charge in [0.05, 0.1) is 6.61 Å². The first-order chi connectivity index (χ1) is 12.7. The molecular formula is C22H30O5. The van der Waals surface area contributed by atoms with Gasteiger partial charge in [-0.15, -0.1) is 0 Å². The van der Waals surface area contributed by atoms with Crippen LogP contribution in [0.1, 0.15) is 59.8 Å². The highest BCUT2D eigenvalue weighted by Crippen LogP contribution is 2.61. The highest BCUT2D eigenvalue weighted by molar-refractivity contribution is 5.92. The Morgan fingerprint density at radius 1 is 1.33 bits per heavy atom. The van der Waals surface area contributed by atoms with E-state index in [9.17, 15) is 14.4 Å². The minimum absolute atomic E-state index is 0.0278. The number of ether oxygens (including phenoxy) is 2. The van der Waals surface area contributed by atoms with Crippen molar-refractivity contribution in [2.45, 2.75) is 59.8 Å². The fourth-order valence-electron chi connectivity index (χ4n) is 5.46. The number of ketones is 1.